The molecule has 0 fully saturated rings. The summed E-state index contributed by atoms with van der Waals surface area (Å²) in [5.41, 5.74) is 11.4. The number of nitrogens with one attached hydrogen (secondary N) is 2. The molecular formula is C26H20N6O2S. The molecule has 8 nitrogen and oxygen atoms in total. The van der Waals surface area contributed by atoms with Crippen LogP contribution in [0.15, 0.2) is 90.0 Å². The predicted octanol–water partition coefficient (Wildman–Crippen LogP) is 6.94. The normalized spacial score (nSPS) is 12.6. The molecule has 172 valence electrons. The molecule has 0 bridgehead atoms. The number of anilines is 1. The van der Waals surface area contributed by atoms with Crippen LogP contribution in [0.5, 0.6) is 0 Å². The smallest absolute Gasteiger partial charge is 0.405 e. The zero-order chi connectivity index (χ0) is 24.4. The van der Waals surface area contributed by atoms with E-state index in [-0.39, 0.29) is 0 Å². The lowest BCUT2D eigenvalue weighted by molar-refractivity contribution is 0.183. The molecule has 1 heterocycles. The first kappa shape index (κ1) is 22.2. The number of nitrogens with zero attached hydrogens (tertiary/aromatic N) is 4. The number of carbonyl (C=O) groups is 1. The summed E-state index contributed by atoms with van der Waals surface area (Å²) in [6, 6.07) is 26.5. The van der Waals surface area contributed by atoms with Gasteiger partial charge in [0.1, 0.15) is 5.01 Å². The van der Waals surface area contributed by atoms with Gasteiger partial charge in [0, 0.05) is 23.2 Å². The third-order valence-corrected chi connectivity index (χ3v) is 6.93. The SMILES string of the molecule is CNc1cc(C(N=[N+]=[N-])(NC(=O)O)c2ccccc2)c2cc(-c3nc4ccccc4s3)ccc2c1. The van der Waals surface area contributed by atoms with Gasteiger partial charge in [-0.1, -0.05) is 59.7 Å². The molecule has 1 amide bonds. The summed E-state index contributed by atoms with van der Waals surface area (Å²) < 4.78 is 1.08. The number of hydrogen-bond donors (Lipinski definition) is 3. The summed E-state index contributed by atoms with van der Waals surface area (Å²) in [4.78, 5) is 19.8. The van der Waals surface area contributed by atoms with Gasteiger partial charge in [-0.25, -0.2) is 9.78 Å². The van der Waals surface area contributed by atoms with E-state index in [2.05, 4.69) is 20.7 Å². The molecule has 1 unspecified atom stereocenters. The van der Waals surface area contributed by atoms with Gasteiger partial charge >= 0.3 is 6.09 Å². The number of para-hydroxylation sites is 1. The number of hydrogen-bond acceptors (Lipinski definition) is 5. The minimum absolute atomic E-state index is 0.500. The van der Waals surface area contributed by atoms with Crippen LogP contribution in [-0.4, -0.2) is 23.2 Å². The van der Waals surface area contributed by atoms with Crippen molar-refractivity contribution in [3.05, 3.63) is 106 Å². The average Bonchev–Trinajstić information content (AvgIpc) is 3.32. The number of carboxylic acid groups (broad SMARTS) is 1. The van der Waals surface area contributed by atoms with Crippen molar-refractivity contribution >= 4 is 44.1 Å². The van der Waals surface area contributed by atoms with E-state index >= 15 is 0 Å². The molecule has 9 heteroatoms. The van der Waals surface area contributed by atoms with Gasteiger partial charge in [0.15, 0.2) is 5.66 Å². The second-order valence-corrected chi connectivity index (χ2v) is 8.92. The van der Waals surface area contributed by atoms with Crippen LogP contribution >= 0.6 is 11.3 Å². The van der Waals surface area contributed by atoms with Crippen molar-refractivity contribution in [2.45, 2.75) is 5.66 Å². The van der Waals surface area contributed by atoms with Crippen LogP contribution in [0.25, 0.3) is 42.0 Å². The van der Waals surface area contributed by atoms with Gasteiger partial charge in [-0.15, -0.1) is 11.3 Å². The van der Waals surface area contributed by atoms with Crippen LogP contribution in [0, 0.1) is 0 Å². The Bertz CT molecular complexity index is 1580. The molecule has 35 heavy (non-hydrogen) atoms. The number of fused-ring (bicyclic) bond motifs is 2. The Hall–Kier alpha value is -4.59. The first-order valence-corrected chi connectivity index (χ1v) is 11.6. The molecule has 5 aromatic rings. The van der Waals surface area contributed by atoms with Gasteiger partial charge in [0.05, 0.1) is 10.2 Å². The van der Waals surface area contributed by atoms with Crippen molar-refractivity contribution in [3.8, 4) is 10.6 Å². The standard InChI is InChI=1S/C26H20N6O2S/c1-28-19-13-16-11-12-17(24-29-22-9-5-6-10-23(22)35-24)14-20(16)21(15-19)26(31-32-27,30-25(33)34)18-7-3-2-4-8-18/h2-15,28,30H,1H3,(H,33,34). The van der Waals surface area contributed by atoms with Crippen LogP contribution in [0.4, 0.5) is 10.5 Å². The molecule has 0 aliphatic carbocycles. The van der Waals surface area contributed by atoms with E-state index in [0.717, 1.165) is 37.2 Å². The van der Waals surface area contributed by atoms with Crippen LogP contribution < -0.4 is 10.6 Å². The van der Waals surface area contributed by atoms with Crippen LogP contribution in [0.1, 0.15) is 11.1 Å². The topological polar surface area (TPSA) is 123 Å². The number of benzene rings is 4. The van der Waals surface area contributed by atoms with E-state index < -0.39 is 11.8 Å². The summed E-state index contributed by atoms with van der Waals surface area (Å²) >= 11 is 1.58. The number of amides is 1. The average molecular weight is 481 g/mol. The van der Waals surface area contributed by atoms with Crippen molar-refractivity contribution in [2.24, 2.45) is 5.11 Å². The van der Waals surface area contributed by atoms with E-state index in [9.17, 15) is 15.4 Å². The maximum absolute atomic E-state index is 12.0. The molecule has 1 atom stereocenters. The molecular weight excluding hydrogens is 460 g/mol. The predicted molar refractivity (Wildman–Crippen MR) is 140 cm³/mol. The van der Waals surface area contributed by atoms with Gasteiger partial charge in [-0.05, 0) is 57.8 Å². The summed E-state index contributed by atoms with van der Waals surface area (Å²) in [6.07, 6.45) is -1.31. The number of rotatable bonds is 6. The highest BCUT2D eigenvalue weighted by atomic mass is 32.1. The first-order chi connectivity index (χ1) is 17.0. The molecule has 1 aromatic heterocycles. The third-order valence-electron chi connectivity index (χ3n) is 5.85. The molecule has 4 aromatic carbocycles. The Labute approximate surface area is 204 Å². The summed E-state index contributed by atoms with van der Waals surface area (Å²) in [6.45, 7) is 0. The minimum Gasteiger partial charge on any atom is -0.465 e. The number of azide groups is 1. The van der Waals surface area contributed by atoms with Gasteiger partial charge in [-0.2, -0.15) is 0 Å². The summed E-state index contributed by atoms with van der Waals surface area (Å²) in [7, 11) is 1.78. The molecule has 0 saturated heterocycles. The van der Waals surface area contributed by atoms with Crippen molar-refractivity contribution in [1.29, 1.82) is 0 Å². The van der Waals surface area contributed by atoms with Crippen molar-refractivity contribution in [2.75, 3.05) is 12.4 Å². The maximum Gasteiger partial charge on any atom is 0.405 e. The lowest BCUT2D eigenvalue weighted by atomic mass is 9.87. The lowest BCUT2D eigenvalue weighted by Crippen LogP contribution is -2.44. The third kappa shape index (κ3) is 3.99. The Balaban J connectivity index is 1.83. The number of aromatic nitrogens is 1. The van der Waals surface area contributed by atoms with E-state index in [4.69, 9.17) is 4.98 Å². The zero-order valence-electron chi connectivity index (χ0n) is 18.6. The summed E-state index contributed by atoms with van der Waals surface area (Å²) in [5.74, 6) is 0. The second kappa shape index (κ2) is 8.98. The van der Waals surface area contributed by atoms with Crippen LogP contribution in [0.3, 0.4) is 0 Å². The molecule has 0 aliphatic heterocycles. The quantitative estimate of drug-likeness (QED) is 0.138. The van der Waals surface area contributed by atoms with Crippen LogP contribution in [-0.2, 0) is 5.66 Å². The van der Waals surface area contributed by atoms with E-state index in [1.807, 2.05) is 60.7 Å². The van der Waals surface area contributed by atoms with Crippen molar-refractivity contribution in [3.63, 3.8) is 0 Å². The summed E-state index contributed by atoms with van der Waals surface area (Å²) in [5, 5.41) is 21.9. The monoisotopic (exact) mass is 480 g/mol. The molecule has 0 aliphatic rings. The second-order valence-electron chi connectivity index (χ2n) is 7.89. The highest BCUT2D eigenvalue weighted by Crippen LogP contribution is 2.40. The zero-order valence-corrected chi connectivity index (χ0v) is 19.5. The van der Waals surface area contributed by atoms with Gasteiger partial charge in [-0.3, -0.25) is 0 Å². The van der Waals surface area contributed by atoms with E-state index in [1.54, 1.807) is 42.6 Å². The number of thiazole rings is 1. The fourth-order valence-electron chi connectivity index (χ4n) is 4.26. The molecule has 0 radical (unpaired) electrons. The van der Waals surface area contributed by atoms with E-state index in [1.165, 1.54) is 0 Å². The van der Waals surface area contributed by atoms with Crippen LogP contribution in [0.2, 0.25) is 0 Å². The Kier molecular flexibility index (Phi) is 5.70. The molecule has 0 saturated carbocycles. The van der Waals surface area contributed by atoms with Crippen molar-refractivity contribution < 1.29 is 9.90 Å². The first-order valence-electron chi connectivity index (χ1n) is 10.8. The van der Waals surface area contributed by atoms with Gasteiger partial charge < -0.3 is 15.7 Å². The Morgan fingerprint density at radius 2 is 1.83 bits per heavy atom. The minimum atomic E-state index is -1.70. The molecule has 5 rings (SSSR count). The fraction of sp³-hybridized carbons (Fsp3) is 0.0769. The lowest BCUT2D eigenvalue weighted by Gasteiger charge is -2.31. The largest absolute Gasteiger partial charge is 0.465 e. The maximum atomic E-state index is 12.0. The molecule has 3 N–H and O–H groups in total. The molecule has 0 spiro atoms. The Morgan fingerprint density at radius 1 is 1.06 bits per heavy atom. The highest BCUT2D eigenvalue weighted by Gasteiger charge is 2.37. The fourth-order valence-corrected chi connectivity index (χ4v) is 5.23. The van der Waals surface area contributed by atoms with E-state index in [0.29, 0.717) is 11.1 Å². The highest BCUT2D eigenvalue weighted by molar-refractivity contribution is 7.21. The Morgan fingerprint density at radius 3 is 2.54 bits per heavy atom. The van der Waals surface area contributed by atoms with Gasteiger partial charge in [0.25, 0.3) is 0 Å². The van der Waals surface area contributed by atoms with Crippen molar-refractivity contribution in [1.82, 2.24) is 10.3 Å². The van der Waals surface area contributed by atoms with Gasteiger partial charge in [0.2, 0.25) is 0 Å².